The number of likely N-dealkylation sites (N-methyl/N-ethyl adjacent to an activating group) is 1. The lowest BCUT2D eigenvalue weighted by Crippen LogP contribution is -2.43. The second kappa shape index (κ2) is 9.30. The van der Waals surface area contributed by atoms with E-state index >= 15 is 0 Å². The molecule has 1 aliphatic heterocycles. The van der Waals surface area contributed by atoms with E-state index in [1.807, 2.05) is 54.4 Å². The average Bonchev–Trinajstić information content (AvgIpc) is 3.11. The van der Waals surface area contributed by atoms with Crippen molar-refractivity contribution >= 4 is 29.5 Å². The molecule has 1 amide bonds. The first-order valence-electron chi connectivity index (χ1n) is 13.3. The number of aromatic hydroxyl groups is 1. The Kier molecular flexibility index (Phi) is 6.50. The number of ketones is 1. The summed E-state index contributed by atoms with van der Waals surface area (Å²) < 4.78 is 0. The SMILES string of the molecule is CN1C(=O)CSC2=CC3=C(CC21)C(c1ccccc1)C(=Cc1cc(C(C)(C)C)c(O)c(C(C)(C)C)c1)C3=O. The molecule has 0 spiro atoms. The third-order valence-corrected chi connectivity index (χ3v) is 9.08. The summed E-state index contributed by atoms with van der Waals surface area (Å²) in [6, 6.07) is 14.2. The molecule has 3 aliphatic rings. The first-order chi connectivity index (χ1) is 17.8. The number of fused-ring (bicyclic) bond motifs is 1. The van der Waals surface area contributed by atoms with Crippen molar-refractivity contribution in [3.05, 3.63) is 92.4 Å². The van der Waals surface area contributed by atoms with Gasteiger partial charge in [-0.05, 0) is 58.2 Å². The van der Waals surface area contributed by atoms with Crippen LogP contribution in [0.15, 0.2) is 70.2 Å². The van der Waals surface area contributed by atoms with Crippen molar-refractivity contribution in [2.24, 2.45) is 0 Å². The first-order valence-corrected chi connectivity index (χ1v) is 14.3. The van der Waals surface area contributed by atoms with E-state index in [-0.39, 0.29) is 34.5 Å². The molecule has 198 valence electrons. The van der Waals surface area contributed by atoms with Crippen LogP contribution in [0.2, 0.25) is 0 Å². The maximum absolute atomic E-state index is 14.1. The predicted molar refractivity (Wildman–Crippen MR) is 156 cm³/mol. The molecule has 2 unspecified atom stereocenters. The molecule has 1 saturated heterocycles. The molecule has 1 fully saturated rings. The maximum atomic E-state index is 14.1. The Morgan fingerprint density at radius 3 is 2.16 bits per heavy atom. The Hall–Kier alpha value is -3.05. The molecule has 1 heterocycles. The quantitative estimate of drug-likeness (QED) is 0.432. The molecule has 2 aromatic rings. The van der Waals surface area contributed by atoms with Crippen LogP contribution in [-0.4, -0.2) is 40.5 Å². The van der Waals surface area contributed by atoms with Crippen LogP contribution < -0.4 is 0 Å². The van der Waals surface area contributed by atoms with Crippen LogP contribution in [0.25, 0.3) is 6.08 Å². The fraction of sp³-hybridized carbons (Fsp3) is 0.394. The minimum Gasteiger partial charge on any atom is -0.507 e. The van der Waals surface area contributed by atoms with Crippen molar-refractivity contribution in [2.45, 2.75) is 70.8 Å². The topological polar surface area (TPSA) is 57.6 Å². The van der Waals surface area contributed by atoms with Crippen molar-refractivity contribution in [2.75, 3.05) is 12.8 Å². The molecular formula is C33H37NO3S. The molecule has 4 nitrogen and oxygen atoms in total. The molecule has 2 aliphatic carbocycles. The number of carbonyl (C=O) groups is 2. The summed E-state index contributed by atoms with van der Waals surface area (Å²) in [5.74, 6) is 0.769. The highest BCUT2D eigenvalue weighted by atomic mass is 32.2. The zero-order valence-electron chi connectivity index (χ0n) is 23.4. The van der Waals surface area contributed by atoms with Gasteiger partial charge in [0.15, 0.2) is 5.78 Å². The predicted octanol–water partition coefficient (Wildman–Crippen LogP) is 6.90. The van der Waals surface area contributed by atoms with Gasteiger partial charge in [0.25, 0.3) is 0 Å². The molecule has 2 aromatic carbocycles. The van der Waals surface area contributed by atoms with E-state index in [1.165, 1.54) is 0 Å². The number of Topliss-reactive ketones (excluding diaryl/α,β-unsaturated/α-hetero) is 1. The largest absolute Gasteiger partial charge is 0.507 e. The number of hydrogen-bond donors (Lipinski definition) is 1. The summed E-state index contributed by atoms with van der Waals surface area (Å²) in [7, 11) is 1.87. The van der Waals surface area contributed by atoms with Crippen molar-refractivity contribution < 1.29 is 14.7 Å². The second-order valence-corrected chi connectivity index (χ2v) is 13.8. The normalized spacial score (nSPS) is 23.1. The van der Waals surface area contributed by atoms with Gasteiger partial charge in [0, 0.05) is 40.1 Å². The van der Waals surface area contributed by atoms with Crippen LogP contribution in [0.3, 0.4) is 0 Å². The van der Waals surface area contributed by atoms with Crippen LogP contribution in [0.1, 0.15) is 76.1 Å². The van der Waals surface area contributed by atoms with Crippen LogP contribution in [0.5, 0.6) is 5.75 Å². The van der Waals surface area contributed by atoms with Gasteiger partial charge in [0.2, 0.25) is 5.91 Å². The monoisotopic (exact) mass is 527 g/mol. The third-order valence-electron chi connectivity index (χ3n) is 7.97. The van der Waals surface area contributed by atoms with Crippen molar-refractivity contribution in [1.29, 1.82) is 0 Å². The van der Waals surface area contributed by atoms with Crippen molar-refractivity contribution in [3.8, 4) is 5.75 Å². The first kappa shape index (κ1) is 26.6. The highest BCUT2D eigenvalue weighted by Crippen LogP contribution is 2.51. The van der Waals surface area contributed by atoms with E-state index in [9.17, 15) is 14.7 Å². The zero-order valence-corrected chi connectivity index (χ0v) is 24.2. The fourth-order valence-corrected chi connectivity index (χ4v) is 6.96. The molecule has 5 heteroatoms. The smallest absolute Gasteiger partial charge is 0.233 e. The Bertz CT molecular complexity index is 1380. The minimum absolute atomic E-state index is 0.0213. The molecule has 1 N–H and O–H groups in total. The van der Waals surface area contributed by atoms with Gasteiger partial charge < -0.3 is 10.0 Å². The van der Waals surface area contributed by atoms with E-state index in [4.69, 9.17) is 0 Å². The Balaban J connectivity index is 1.69. The summed E-state index contributed by atoms with van der Waals surface area (Å²) in [5.41, 5.74) is 5.85. The molecule has 0 bridgehead atoms. The fourth-order valence-electron chi connectivity index (χ4n) is 5.83. The van der Waals surface area contributed by atoms with Gasteiger partial charge in [-0.25, -0.2) is 0 Å². The number of rotatable bonds is 2. The van der Waals surface area contributed by atoms with Gasteiger partial charge in [-0.3, -0.25) is 9.59 Å². The number of carbonyl (C=O) groups excluding carboxylic acids is 2. The third kappa shape index (κ3) is 4.55. The number of allylic oxidation sites excluding steroid dienone is 3. The average molecular weight is 528 g/mol. The van der Waals surface area contributed by atoms with Crippen LogP contribution >= 0.6 is 11.8 Å². The molecule has 2 atom stereocenters. The summed E-state index contributed by atoms with van der Waals surface area (Å²) in [4.78, 5) is 29.5. The van der Waals surface area contributed by atoms with Gasteiger partial charge in [-0.2, -0.15) is 0 Å². The van der Waals surface area contributed by atoms with Crippen molar-refractivity contribution in [3.63, 3.8) is 0 Å². The summed E-state index contributed by atoms with van der Waals surface area (Å²) >= 11 is 1.56. The Morgan fingerprint density at radius 1 is 0.974 bits per heavy atom. The number of phenols is 1. The number of benzene rings is 2. The molecule has 5 rings (SSSR count). The highest BCUT2D eigenvalue weighted by molar-refractivity contribution is 8.03. The molecule has 38 heavy (non-hydrogen) atoms. The zero-order chi connectivity index (χ0) is 27.6. The summed E-state index contributed by atoms with van der Waals surface area (Å²) in [5, 5.41) is 11.2. The molecule has 0 saturated carbocycles. The lowest BCUT2D eigenvalue weighted by molar-refractivity contribution is -0.128. The van der Waals surface area contributed by atoms with Gasteiger partial charge in [0.05, 0.1) is 11.8 Å². The molecule has 0 aromatic heterocycles. The van der Waals surface area contributed by atoms with Gasteiger partial charge in [-0.1, -0.05) is 71.9 Å². The Morgan fingerprint density at radius 2 is 1.58 bits per heavy atom. The number of amides is 1. The number of phenolic OH excluding ortho intramolecular Hbond substituents is 1. The Labute approximate surface area is 230 Å². The summed E-state index contributed by atoms with van der Waals surface area (Å²) in [6.07, 6.45) is 4.73. The number of thioether (sulfide) groups is 1. The van der Waals surface area contributed by atoms with Crippen molar-refractivity contribution in [1.82, 2.24) is 4.90 Å². The number of nitrogens with zero attached hydrogens (tertiary/aromatic N) is 1. The van der Waals surface area contributed by atoms with E-state index in [1.54, 1.807) is 11.8 Å². The lowest BCUT2D eigenvalue weighted by atomic mass is 9.78. The van der Waals surface area contributed by atoms with E-state index < -0.39 is 0 Å². The lowest BCUT2D eigenvalue weighted by Gasteiger charge is -2.37. The van der Waals surface area contributed by atoms with E-state index in [0.717, 1.165) is 43.9 Å². The molecule has 0 radical (unpaired) electrons. The van der Waals surface area contributed by atoms with Gasteiger partial charge >= 0.3 is 0 Å². The molecular weight excluding hydrogens is 490 g/mol. The van der Waals surface area contributed by atoms with Crippen LogP contribution in [0.4, 0.5) is 0 Å². The standard InChI is InChI=1S/C33H37NO3S/c1-32(2,3)24-14-19(15-25(31(24)37)33(4,5)6)13-23-29(20-11-9-8-10-12-20)21-16-26-27(17-22(21)30(23)36)38-18-28(35)34(26)7/h8-15,17,26,29,37H,16,18H2,1-7H3. The number of hydrogen-bond acceptors (Lipinski definition) is 4. The minimum atomic E-state index is -0.261. The van der Waals surface area contributed by atoms with Gasteiger partial charge in [0.1, 0.15) is 5.75 Å². The van der Waals surface area contributed by atoms with Crippen LogP contribution in [-0.2, 0) is 20.4 Å². The van der Waals surface area contributed by atoms with Crippen LogP contribution in [0, 0.1) is 0 Å². The van der Waals surface area contributed by atoms with E-state index in [2.05, 4.69) is 53.7 Å². The highest BCUT2D eigenvalue weighted by Gasteiger charge is 2.43. The van der Waals surface area contributed by atoms with Gasteiger partial charge in [-0.15, -0.1) is 11.8 Å². The summed E-state index contributed by atoms with van der Waals surface area (Å²) in [6.45, 7) is 12.6. The second-order valence-electron chi connectivity index (χ2n) is 12.7. The van der Waals surface area contributed by atoms with E-state index in [0.29, 0.717) is 17.9 Å². The maximum Gasteiger partial charge on any atom is 0.233 e.